The predicted octanol–water partition coefficient (Wildman–Crippen LogP) is 1.98. The van der Waals surface area contributed by atoms with Gasteiger partial charge in [-0.1, -0.05) is 32.0 Å². The minimum atomic E-state index is -3.57. The maximum Gasteiger partial charge on any atom is 0.279 e. The van der Waals surface area contributed by atoms with Gasteiger partial charge in [0.1, 0.15) is 11.9 Å². The summed E-state index contributed by atoms with van der Waals surface area (Å²) in [6, 6.07) is 12.4. The van der Waals surface area contributed by atoms with E-state index in [2.05, 4.69) is 5.32 Å². The number of nitrogens with zero attached hydrogens (tertiary/aromatic N) is 1. The van der Waals surface area contributed by atoms with Gasteiger partial charge in [0, 0.05) is 31.3 Å². The molecule has 2 aromatic carbocycles. The van der Waals surface area contributed by atoms with E-state index in [-0.39, 0.29) is 35.1 Å². The molecule has 0 saturated carbocycles. The van der Waals surface area contributed by atoms with Crippen LogP contribution in [0.4, 0.5) is 10.1 Å². The van der Waals surface area contributed by atoms with Crippen LogP contribution in [-0.4, -0.2) is 39.3 Å². The van der Waals surface area contributed by atoms with E-state index in [1.807, 2.05) is 19.2 Å². The standard InChI is InChI=1S/C20H26FN3O3S/c1-14(2)20(15-8-10-16(21)11-9-15)22-13-19(25)23-17-6-5-7-18(12-17)28(26,27)24(3)4/h5-12,14,20,22H,13H2,1-4H3,(H,23,25)/p+1/t20-/m0/s1. The van der Waals surface area contributed by atoms with E-state index in [9.17, 15) is 17.6 Å². The van der Waals surface area contributed by atoms with E-state index in [1.165, 1.54) is 38.4 Å². The van der Waals surface area contributed by atoms with Crippen molar-refractivity contribution >= 4 is 21.6 Å². The second kappa shape index (κ2) is 9.27. The molecule has 0 spiro atoms. The molecule has 0 aliphatic heterocycles. The first-order chi connectivity index (χ1) is 13.1. The first-order valence-corrected chi connectivity index (χ1v) is 10.5. The van der Waals surface area contributed by atoms with E-state index < -0.39 is 10.0 Å². The molecule has 28 heavy (non-hydrogen) atoms. The Hall–Kier alpha value is -2.29. The predicted molar refractivity (Wildman–Crippen MR) is 107 cm³/mol. The SMILES string of the molecule is CC(C)[C@H]([NH2+]CC(=O)Nc1cccc(S(=O)(=O)N(C)C)c1)c1ccc(F)cc1. The molecule has 0 aliphatic carbocycles. The van der Waals surface area contributed by atoms with Crippen LogP contribution < -0.4 is 10.6 Å². The van der Waals surface area contributed by atoms with Crippen LogP contribution in [0.2, 0.25) is 0 Å². The van der Waals surface area contributed by atoms with Crippen molar-refractivity contribution in [3.8, 4) is 0 Å². The summed E-state index contributed by atoms with van der Waals surface area (Å²) in [6.45, 7) is 4.24. The summed E-state index contributed by atoms with van der Waals surface area (Å²) in [4.78, 5) is 12.5. The molecule has 1 atom stereocenters. The summed E-state index contributed by atoms with van der Waals surface area (Å²) in [6.07, 6.45) is 0. The first kappa shape index (κ1) is 22.0. The fourth-order valence-corrected chi connectivity index (χ4v) is 3.82. The number of sulfonamides is 1. The average molecular weight is 409 g/mol. The highest BCUT2D eigenvalue weighted by Crippen LogP contribution is 2.19. The highest BCUT2D eigenvalue weighted by Gasteiger charge is 2.21. The molecule has 3 N–H and O–H groups in total. The van der Waals surface area contributed by atoms with Gasteiger partial charge >= 0.3 is 0 Å². The number of carbonyl (C=O) groups excluding carboxylic acids is 1. The van der Waals surface area contributed by atoms with Crippen molar-refractivity contribution in [1.82, 2.24) is 4.31 Å². The number of nitrogens with two attached hydrogens (primary N) is 1. The van der Waals surface area contributed by atoms with Crippen molar-refractivity contribution in [3.63, 3.8) is 0 Å². The highest BCUT2D eigenvalue weighted by molar-refractivity contribution is 7.89. The molecule has 0 saturated heterocycles. The minimum Gasteiger partial charge on any atom is -0.332 e. The van der Waals surface area contributed by atoms with Crippen LogP contribution in [0.25, 0.3) is 0 Å². The van der Waals surface area contributed by atoms with Gasteiger partial charge in [-0.25, -0.2) is 17.1 Å². The Labute approximate surface area is 165 Å². The molecule has 0 bridgehead atoms. The number of anilines is 1. The fraction of sp³-hybridized carbons (Fsp3) is 0.350. The maximum absolute atomic E-state index is 13.2. The molecule has 2 aromatic rings. The van der Waals surface area contributed by atoms with Gasteiger partial charge in [0.25, 0.3) is 5.91 Å². The van der Waals surface area contributed by atoms with Crippen molar-refractivity contribution in [2.45, 2.75) is 24.8 Å². The summed E-state index contributed by atoms with van der Waals surface area (Å²) in [7, 11) is -0.657. The van der Waals surface area contributed by atoms with Crippen LogP contribution in [0.3, 0.4) is 0 Å². The lowest BCUT2D eigenvalue weighted by atomic mass is 9.96. The van der Waals surface area contributed by atoms with Crippen molar-refractivity contribution in [1.29, 1.82) is 0 Å². The van der Waals surface area contributed by atoms with Crippen molar-refractivity contribution in [2.24, 2.45) is 5.92 Å². The van der Waals surface area contributed by atoms with E-state index >= 15 is 0 Å². The number of rotatable bonds is 8. The van der Waals surface area contributed by atoms with Gasteiger partial charge in [-0.15, -0.1) is 0 Å². The number of quaternary nitrogens is 1. The molecule has 0 heterocycles. The van der Waals surface area contributed by atoms with Gasteiger partial charge in [-0.3, -0.25) is 4.79 Å². The molecule has 0 aromatic heterocycles. The van der Waals surface area contributed by atoms with E-state index in [0.717, 1.165) is 9.87 Å². The normalized spacial score (nSPS) is 13.0. The Bertz CT molecular complexity index is 913. The zero-order chi connectivity index (χ0) is 20.9. The Morgan fingerprint density at radius 3 is 2.36 bits per heavy atom. The van der Waals surface area contributed by atoms with Gasteiger partial charge in [0.15, 0.2) is 6.54 Å². The third-order valence-electron chi connectivity index (χ3n) is 4.43. The summed E-state index contributed by atoms with van der Waals surface area (Å²) < 4.78 is 38.7. The van der Waals surface area contributed by atoms with Crippen LogP contribution in [-0.2, 0) is 14.8 Å². The van der Waals surface area contributed by atoms with Crippen LogP contribution in [0.15, 0.2) is 53.4 Å². The fourth-order valence-electron chi connectivity index (χ4n) is 2.87. The molecular weight excluding hydrogens is 381 g/mol. The van der Waals surface area contributed by atoms with Crippen molar-refractivity contribution < 1.29 is 22.9 Å². The first-order valence-electron chi connectivity index (χ1n) is 9.02. The molecule has 0 radical (unpaired) electrons. The largest absolute Gasteiger partial charge is 0.332 e. The van der Waals surface area contributed by atoms with Crippen LogP contribution in [0, 0.1) is 11.7 Å². The third kappa shape index (κ3) is 5.60. The maximum atomic E-state index is 13.2. The lowest BCUT2D eigenvalue weighted by Crippen LogP contribution is -2.88. The molecule has 0 fully saturated rings. The number of benzene rings is 2. The Morgan fingerprint density at radius 2 is 1.79 bits per heavy atom. The summed E-state index contributed by atoms with van der Waals surface area (Å²) in [5.74, 6) is -0.296. The molecular formula is C20H27FN3O3S+. The molecule has 2 rings (SSSR count). The molecule has 6 nitrogen and oxygen atoms in total. The summed E-state index contributed by atoms with van der Waals surface area (Å²) >= 11 is 0. The van der Waals surface area contributed by atoms with Crippen molar-refractivity contribution in [2.75, 3.05) is 26.0 Å². The quantitative estimate of drug-likeness (QED) is 0.701. The topological polar surface area (TPSA) is 83.1 Å². The lowest BCUT2D eigenvalue weighted by molar-refractivity contribution is -0.692. The van der Waals surface area contributed by atoms with E-state index in [0.29, 0.717) is 5.69 Å². The van der Waals surface area contributed by atoms with Gasteiger partial charge in [0.2, 0.25) is 10.0 Å². The summed E-state index contributed by atoms with van der Waals surface area (Å²) in [5.41, 5.74) is 1.37. The average Bonchev–Trinajstić information content (AvgIpc) is 2.63. The number of hydrogen-bond acceptors (Lipinski definition) is 3. The molecule has 0 unspecified atom stereocenters. The number of carbonyl (C=O) groups is 1. The Balaban J connectivity index is 2.04. The zero-order valence-electron chi connectivity index (χ0n) is 16.5. The second-order valence-corrected chi connectivity index (χ2v) is 9.28. The third-order valence-corrected chi connectivity index (χ3v) is 6.24. The second-order valence-electron chi connectivity index (χ2n) is 7.12. The molecule has 8 heteroatoms. The van der Waals surface area contributed by atoms with Crippen molar-refractivity contribution in [3.05, 3.63) is 59.9 Å². The number of amides is 1. The molecule has 1 amide bonds. The molecule has 0 aliphatic rings. The van der Waals surface area contributed by atoms with Crippen LogP contribution in [0.5, 0.6) is 0 Å². The summed E-state index contributed by atoms with van der Waals surface area (Å²) in [5, 5.41) is 4.63. The molecule has 152 valence electrons. The van der Waals surface area contributed by atoms with Crippen LogP contribution in [0.1, 0.15) is 25.5 Å². The Morgan fingerprint density at radius 1 is 1.14 bits per heavy atom. The van der Waals surface area contributed by atoms with Crippen LogP contribution >= 0.6 is 0 Å². The minimum absolute atomic E-state index is 0.00630. The number of hydrogen-bond donors (Lipinski definition) is 2. The lowest BCUT2D eigenvalue weighted by Gasteiger charge is -2.19. The smallest absolute Gasteiger partial charge is 0.279 e. The number of nitrogens with one attached hydrogen (secondary N) is 1. The zero-order valence-corrected chi connectivity index (χ0v) is 17.3. The van der Waals surface area contributed by atoms with Gasteiger partial charge in [-0.2, -0.15) is 0 Å². The highest BCUT2D eigenvalue weighted by atomic mass is 32.2. The Kier molecular flexibility index (Phi) is 7.29. The number of halogens is 1. The monoisotopic (exact) mass is 408 g/mol. The van der Waals surface area contributed by atoms with Gasteiger partial charge < -0.3 is 10.6 Å². The van der Waals surface area contributed by atoms with E-state index in [1.54, 1.807) is 24.3 Å². The van der Waals surface area contributed by atoms with E-state index in [4.69, 9.17) is 0 Å². The van der Waals surface area contributed by atoms with Gasteiger partial charge in [-0.05, 0) is 30.3 Å². The van der Waals surface area contributed by atoms with Gasteiger partial charge in [0.05, 0.1) is 4.90 Å².